The van der Waals surface area contributed by atoms with Crippen LogP contribution in [0.15, 0.2) is 0 Å². The summed E-state index contributed by atoms with van der Waals surface area (Å²) in [5.41, 5.74) is 0. The highest BCUT2D eigenvalue weighted by Gasteiger charge is 2.26. The molecule has 0 saturated carbocycles. The molecule has 0 aromatic rings. The van der Waals surface area contributed by atoms with Gasteiger partial charge in [0.15, 0.2) is 0 Å². The fourth-order valence-corrected chi connectivity index (χ4v) is 8.12. The summed E-state index contributed by atoms with van der Waals surface area (Å²) in [5, 5.41) is 0. The lowest BCUT2D eigenvalue weighted by Crippen LogP contribution is -2.12. The molecule has 0 amide bonds. The van der Waals surface area contributed by atoms with Crippen LogP contribution in [0, 0.1) is 23.7 Å². The van der Waals surface area contributed by atoms with E-state index in [4.69, 9.17) is 9.05 Å². The molecule has 0 aliphatic rings. The molecule has 0 bridgehead atoms. The number of unbranched alkanes of at least 4 members (excludes halogenated alkanes) is 4. The van der Waals surface area contributed by atoms with E-state index in [2.05, 4.69) is 55.4 Å². The molecule has 0 saturated heterocycles. The third-order valence-electron chi connectivity index (χ3n) is 8.17. The van der Waals surface area contributed by atoms with Crippen LogP contribution in [0.4, 0.5) is 0 Å². The third-order valence-corrected chi connectivity index (χ3v) is 11.2. The predicted octanol–water partition coefficient (Wildman–Crippen LogP) is 11.2. The Balaban J connectivity index is 0. The van der Waals surface area contributed by atoms with Crippen LogP contribution >= 0.6 is 15.2 Å². The Morgan fingerprint density at radius 1 is 0.475 bits per heavy atom. The van der Waals surface area contributed by atoms with Gasteiger partial charge < -0.3 is 18.8 Å². The number of hydrogen-bond acceptors (Lipinski definition) is 4. The average molecular weight is 613 g/mol. The lowest BCUT2D eigenvalue weighted by atomic mass is 10.0. The van der Waals surface area contributed by atoms with E-state index >= 15 is 0 Å². The maximum absolute atomic E-state index is 12.2. The van der Waals surface area contributed by atoms with Crippen molar-refractivity contribution in [2.45, 2.75) is 158 Å². The molecule has 0 radical (unpaired) electrons. The second-order valence-electron chi connectivity index (χ2n) is 11.9. The minimum atomic E-state index is -3.40. The average Bonchev–Trinajstić information content (AvgIpc) is 2.93. The highest BCUT2D eigenvalue weighted by Crippen LogP contribution is 2.47. The van der Waals surface area contributed by atoms with Gasteiger partial charge in [0.25, 0.3) is 0 Å². The Morgan fingerprint density at radius 2 is 0.725 bits per heavy atom. The molecule has 8 heteroatoms. The van der Waals surface area contributed by atoms with Crippen LogP contribution in [0.2, 0.25) is 0 Å². The van der Waals surface area contributed by atoms with E-state index in [-0.39, 0.29) is 0 Å². The van der Waals surface area contributed by atoms with Gasteiger partial charge in [-0.3, -0.25) is 9.13 Å². The SMILES string of the molecule is CCCCC(CC)COP(=O)(O)CC(CC)CCCC.CCCCC(CC)COP(=O)(O)CC(CC)CCCC. The molecule has 0 spiro atoms. The van der Waals surface area contributed by atoms with E-state index in [0.29, 0.717) is 49.2 Å². The maximum Gasteiger partial charge on any atom is 0.328 e. The highest BCUT2D eigenvalue weighted by molar-refractivity contribution is 7.53. The molecule has 6 nitrogen and oxygen atoms in total. The Kier molecular flexibility index (Phi) is 28.5. The van der Waals surface area contributed by atoms with Gasteiger partial charge in [-0.1, -0.05) is 132 Å². The Bertz CT molecular complexity index is 591. The molecule has 0 aromatic carbocycles. The van der Waals surface area contributed by atoms with Crippen LogP contribution in [0.25, 0.3) is 0 Å². The molecule has 0 aliphatic carbocycles. The summed E-state index contributed by atoms with van der Waals surface area (Å²) in [7, 11) is -6.81. The van der Waals surface area contributed by atoms with Crippen molar-refractivity contribution in [1.29, 1.82) is 0 Å². The minimum Gasteiger partial charge on any atom is -0.324 e. The van der Waals surface area contributed by atoms with Crippen molar-refractivity contribution in [3.8, 4) is 0 Å². The summed E-state index contributed by atoms with van der Waals surface area (Å²) in [6.45, 7) is 18.0. The van der Waals surface area contributed by atoms with Crippen molar-refractivity contribution in [2.24, 2.45) is 23.7 Å². The van der Waals surface area contributed by atoms with Gasteiger partial charge >= 0.3 is 15.2 Å². The van der Waals surface area contributed by atoms with Gasteiger partial charge in [0.1, 0.15) is 0 Å². The lowest BCUT2D eigenvalue weighted by Gasteiger charge is -2.21. The van der Waals surface area contributed by atoms with Crippen LogP contribution in [0.1, 0.15) is 158 Å². The third kappa shape index (κ3) is 24.9. The summed E-state index contributed by atoms with van der Waals surface area (Å²) in [5.74, 6) is 1.49. The van der Waals surface area contributed by atoms with Crippen LogP contribution in [-0.2, 0) is 18.2 Å². The Labute approximate surface area is 250 Å². The van der Waals surface area contributed by atoms with E-state index in [1.165, 1.54) is 25.7 Å². The first kappa shape index (κ1) is 42.4. The van der Waals surface area contributed by atoms with Gasteiger partial charge in [-0.25, -0.2) is 0 Å². The zero-order valence-electron chi connectivity index (χ0n) is 27.9. The zero-order chi connectivity index (χ0) is 30.9. The second kappa shape index (κ2) is 26.9. The first-order chi connectivity index (χ1) is 19.0. The van der Waals surface area contributed by atoms with Crippen molar-refractivity contribution in [3.63, 3.8) is 0 Å². The van der Waals surface area contributed by atoms with Crippen molar-refractivity contribution in [2.75, 3.05) is 25.5 Å². The van der Waals surface area contributed by atoms with Gasteiger partial charge in [-0.15, -0.1) is 0 Å². The summed E-state index contributed by atoms with van der Waals surface area (Å²) in [6.07, 6.45) is 18.1. The normalized spacial score (nSPS) is 17.6. The van der Waals surface area contributed by atoms with E-state index in [1.807, 2.05) is 0 Å². The molecular formula is C32H70O6P2. The standard InChI is InChI=1S/2C16H35O3P/c2*1-5-9-11-15(7-3)13-19-20(17,18)14-16(8-4)12-10-6-2/h2*15-16H,5-14H2,1-4H3,(H,17,18). The molecule has 6 atom stereocenters. The van der Waals surface area contributed by atoms with Crippen molar-refractivity contribution >= 4 is 15.2 Å². The molecule has 2 N–H and O–H groups in total. The van der Waals surface area contributed by atoms with Crippen molar-refractivity contribution < 1.29 is 28.0 Å². The van der Waals surface area contributed by atoms with Gasteiger partial charge in [-0.2, -0.15) is 0 Å². The molecule has 0 fully saturated rings. The van der Waals surface area contributed by atoms with Crippen molar-refractivity contribution in [1.82, 2.24) is 0 Å². The monoisotopic (exact) mass is 612 g/mol. The van der Waals surface area contributed by atoms with Gasteiger partial charge in [0.2, 0.25) is 0 Å². The first-order valence-corrected chi connectivity index (χ1v) is 20.4. The van der Waals surface area contributed by atoms with Crippen molar-refractivity contribution in [3.05, 3.63) is 0 Å². The summed E-state index contributed by atoms with van der Waals surface area (Å²) in [6, 6.07) is 0. The number of hydrogen-bond donors (Lipinski definition) is 2. The molecule has 40 heavy (non-hydrogen) atoms. The Hall–Kier alpha value is 0.300. The first-order valence-electron chi connectivity index (χ1n) is 16.9. The molecule has 0 aromatic heterocycles. The molecule has 0 heterocycles. The molecular weight excluding hydrogens is 542 g/mol. The maximum atomic E-state index is 12.2. The fourth-order valence-electron chi connectivity index (χ4n) is 4.83. The Morgan fingerprint density at radius 3 is 0.950 bits per heavy atom. The molecule has 6 unspecified atom stereocenters. The lowest BCUT2D eigenvalue weighted by molar-refractivity contribution is 0.199. The van der Waals surface area contributed by atoms with E-state index < -0.39 is 15.2 Å². The quantitative estimate of drug-likeness (QED) is 0.0944. The topological polar surface area (TPSA) is 93.1 Å². The molecule has 0 aliphatic heterocycles. The van der Waals surface area contributed by atoms with Crippen LogP contribution in [0.5, 0.6) is 0 Å². The van der Waals surface area contributed by atoms with E-state index in [1.54, 1.807) is 0 Å². The highest BCUT2D eigenvalue weighted by atomic mass is 31.2. The minimum absolute atomic E-state index is 0.321. The van der Waals surface area contributed by atoms with Crippen LogP contribution in [-0.4, -0.2) is 35.3 Å². The van der Waals surface area contributed by atoms with Crippen LogP contribution in [0.3, 0.4) is 0 Å². The molecule has 0 rings (SSSR count). The largest absolute Gasteiger partial charge is 0.328 e. The van der Waals surface area contributed by atoms with E-state index in [0.717, 1.165) is 77.0 Å². The predicted molar refractivity (Wildman–Crippen MR) is 175 cm³/mol. The van der Waals surface area contributed by atoms with E-state index in [9.17, 15) is 18.9 Å². The fraction of sp³-hybridized carbons (Fsp3) is 1.00. The van der Waals surface area contributed by atoms with Gasteiger partial charge in [-0.05, 0) is 49.4 Å². The summed E-state index contributed by atoms with van der Waals surface area (Å²) < 4.78 is 35.2. The van der Waals surface area contributed by atoms with Gasteiger partial charge in [0, 0.05) is 0 Å². The number of rotatable bonds is 26. The summed E-state index contributed by atoms with van der Waals surface area (Å²) >= 11 is 0. The molecule has 244 valence electrons. The zero-order valence-corrected chi connectivity index (χ0v) is 29.7. The van der Waals surface area contributed by atoms with Crippen LogP contribution < -0.4 is 0 Å². The summed E-state index contributed by atoms with van der Waals surface area (Å²) in [4.78, 5) is 20.0. The van der Waals surface area contributed by atoms with Gasteiger partial charge in [0.05, 0.1) is 25.5 Å². The second-order valence-corrected chi connectivity index (χ2v) is 15.7. The smallest absolute Gasteiger partial charge is 0.324 e.